The van der Waals surface area contributed by atoms with Crippen LogP contribution in [0.25, 0.3) is 0 Å². The van der Waals surface area contributed by atoms with Crippen molar-refractivity contribution in [3.05, 3.63) is 33.8 Å². The molecule has 6 nitrogen and oxygen atoms in total. The van der Waals surface area contributed by atoms with Crippen LogP contribution in [0, 0.1) is 10.1 Å². The van der Waals surface area contributed by atoms with E-state index in [9.17, 15) is 10.1 Å². The summed E-state index contributed by atoms with van der Waals surface area (Å²) in [6.07, 6.45) is 6.79. The van der Waals surface area contributed by atoms with Crippen LogP contribution in [0.3, 0.4) is 0 Å². The average Bonchev–Trinajstić information content (AvgIpc) is 2.79. The molecule has 1 heterocycles. The average molecular weight is 275 g/mol. The van der Waals surface area contributed by atoms with Crippen LogP contribution >= 0.6 is 23.5 Å². The molecule has 0 amide bonds. The fourth-order valence-corrected chi connectivity index (χ4v) is 2.15. The molecule has 0 spiro atoms. The predicted octanol–water partition coefficient (Wildman–Crippen LogP) is 2.18. The van der Waals surface area contributed by atoms with E-state index in [4.69, 9.17) is 4.42 Å². The number of rotatable bonds is 8. The zero-order valence-electron chi connectivity index (χ0n) is 9.29. The topological polar surface area (TPSA) is 81.2 Å². The molecule has 94 valence electrons. The van der Waals surface area contributed by atoms with E-state index in [2.05, 4.69) is 10.3 Å². The van der Waals surface area contributed by atoms with Gasteiger partial charge in [0.1, 0.15) is 11.3 Å². The molecule has 1 rings (SSSR count). The van der Waals surface area contributed by atoms with E-state index in [1.54, 1.807) is 12.5 Å². The summed E-state index contributed by atoms with van der Waals surface area (Å²) < 4.78 is 5.06. The Morgan fingerprint density at radius 3 is 3.18 bits per heavy atom. The summed E-state index contributed by atoms with van der Waals surface area (Å²) in [5.74, 6) is 0.855. The van der Waals surface area contributed by atoms with Crippen molar-refractivity contribution in [2.45, 2.75) is 11.6 Å². The molecular weight excluding hydrogens is 262 g/mol. The highest BCUT2D eigenvalue weighted by molar-refractivity contribution is 8.02. The highest BCUT2D eigenvalue weighted by Gasteiger charge is 2.01. The fourth-order valence-electron chi connectivity index (χ4n) is 0.991. The molecule has 0 aliphatic heterocycles. The van der Waals surface area contributed by atoms with Crippen LogP contribution in [0.5, 0.6) is 0 Å². The van der Waals surface area contributed by atoms with E-state index in [0.717, 1.165) is 18.4 Å². The van der Waals surface area contributed by atoms with Crippen LogP contribution in [-0.2, 0) is 0 Å². The minimum absolute atomic E-state index is 0.458. The van der Waals surface area contributed by atoms with Crippen molar-refractivity contribution in [2.75, 3.05) is 18.6 Å². The van der Waals surface area contributed by atoms with Gasteiger partial charge in [-0.15, -0.1) is 11.8 Å². The van der Waals surface area contributed by atoms with Gasteiger partial charge in [-0.05, 0) is 12.7 Å². The highest BCUT2D eigenvalue weighted by atomic mass is 32.2. The number of nitro groups is 1. The molecule has 17 heavy (non-hydrogen) atoms. The Hall–Kier alpha value is -1.15. The van der Waals surface area contributed by atoms with Gasteiger partial charge in [0.05, 0.1) is 11.1 Å². The van der Waals surface area contributed by atoms with Crippen molar-refractivity contribution in [3.63, 3.8) is 0 Å². The quantitative estimate of drug-likeness (QED) is 0.337. The highest BCUT2D eigenvalue weighted by Crippen LogP contribution is 2.15. The minimum atomic E-state index is -0.458. The first-order valence-corrected chi connectivity index (χ1v) is 7.09. The van der Waals surface area contributed by atoms with Gasteiger partial charge in [0, 0.05) is 12.3 Å². The zero-order chi connectivity index (χ0) is 12.5. The molecule has 8 heteroatoms. The first-order valence-electron chi connectivity index (χ1n) is 4.88. The Labute approximate surface area is 107 Å². The van der Waals surface area contributed by atoms with Gasteiger partial charge in [-0.3, -0.25) is 10.1 Å². The molecular formula is C9H13N3O3S2. The smallest absolute Gasteiger partial charge is 0.263 e. The third-order valence-corrected chi connectivity index (χ3v) is 3.33. The lowest BCUT2D eigenvalue weighted by Crippen LogP contribution is -2.14. The monoisotopic (exact) mass is 275 g/mol. The van der Waals surface area contributed by atoms with E-state index >= 15 is 0 Å². The van der Waals surface area contributed by atoms with Crippen molar-refractivity contribution < 1.29 is 9.34 Å². The minimum Gasteiger partial charge on any atom is -0.440 e. The third kappa shape index (κ3) is 6.22. The Bertz CT molecular complexity index is 368. The van der Waals surface area contributed by atoms with Gasteiger partial charge in [-0.25, -0.2) is 4.98 Å². The molecule has 0 aliphatic rings. The number of nitrogens with zero attached hydrogens (tertiary/aromatic N) is 2. The molecule has 0 bridgehead atoms. The maximum absolute atomic E-state index is 10.3. The molecule has 1 N–H and O–H groups in total. The largest absolute Gasteiger partial charge is 0.440 e. The summed E-state index contributed by atoms with van der Waals surface area (Å²) in [5.41, 5.74) is 0. The Morgan fingerprint density at radius 1 is 1.76 bits per heavy atom. The third-order valence-electron chi connectivity index (χ3n) is 1.70. The molecule has 0 aliphatic carbocycles. The van der Waals surface area contributed by atoms with Gasteiger partial charge in [-0.1, -0.05) is 11.8 Å². The molecule has 0 aromatic carbocycles. The number of aromatic nitrogens is 1. The van der Waals surface area contributed by atoms with Gasteiger partial charge in [0.15, 0.2) is 0 Å². The Balaban J connectivity index is 2.13. The van der Waals surface area contributed by atoms with Crippen LogP contribution in [0.4, 0.5) is 0 Å². The Morgan fingerprint density at radius 2 is 2.59 bits per heavy atom. The van der Waals surface area contributed by atoms with E-state index in [1.165, 1.54) is 29.8 Å². The van der Waals surface area contributed by atoms with Crippen LogP contribution in [0.2, 0.25) is 0 Å². The fraction of sp³-hybridized carbons (Fsp3) is 0.444. The van der Waals surface area contributed by atoms with E-state index < -0.39 is 4.92 Å². The molecule has 0 fully saturated rings. The summed E-state index contributed by atoms with van der Waals surface area (Å²) in [7, 11) is 0. The molecule has 1 aromatic heterocycles. The maximum atomic E-state index is 10.3. The molecule has 0 saturated carbocycles. The molecule has 0 radical (unpaired) electrons. The van der Waals surface area contributed by atoms with Gasteiger partial charge < -0.3 is 9.73 Å². The van der Waals surface area contributed by atoms with E-state index in [1.807, 2.05) is 0 Å². The summed E-state index contributed by atoms with van der Waals surface area (Å²) >= 11 is 2.85. The summed E-state index contributed by atoms with van der Waals surface area (Å²) in [4.78, 5) is 13.8. The standard InChI is InChI=1S/C9H13N3O3S2/c1-16-8(7-12(13)14)10-3-2-6-17-9-11-4-5-15-9/h4-5,7,10H,2-3,6H2,1H3/b8-7+. The molecule has 0 saturated heterocycles. The second-order valence-corrected chi connectivity index (χ2v) is 4.80. The van der Waals surface area contributed by atoms with E-state index in [0.29, 0.717) is 16.8 Å². The lowest BCUT2D eigenvalue weighted by molar-refractivity contribution is -0.403. The van der Waals surface area contributed by atoms with Gasteiger partial charge >= 0.3 is 0 Å². The van der Waals surface area contributed by atoms with Gasteiger partial charge in [0.25, 0.3) is 11.4 Å². The number of hydrogen-bond donors (Lipinski definition) is 1. The second kappa shape index (κ2) is 8.02. The van der Waals surface area contributed by atoms with Crippen molar-refractivity contribution in [1.82, 2.24) is 10.3 Å². The van der Waals surface area contributed by atoms with Crippen LogP contribution < -0.4 is 5.32 Å². The van der Waals surface area contributed by atoms with E-state index in [-0.39, 0.29) is 0 Å². The lowest BCUT2D eigenvalue weighted by Gasteiger charge is -2.04. The second-order valence-electron chi connectivity index (χ2n) is 2.91. The zero-order valence-corrected chi connectivity index (χ0v) is 10.9. The molecule has 1 aromatic rings. The van der Waals surface area contributed by atoms with Crippen molar-refractivity contribution in [3.8, 4) is 0 Å². The number of thioether (sulfide) groups is 2. The normalized spacial score (nSPS) is 11.5. The maximum Gasteiger partial charge on any atom is 0.263 e. The Kier molecular flexibility index (Phi) is 6.56. The first kappa shape index (κ1) is 13.9. The summed E-state index contributed by atoms with van der Waals surface area (Å²) in [6.45, 7) is 0.689. The van der Waals surface area contributed by atoms with Crippen LogP contribution in [0.15, 0.2) is 33.3 Å². The van der Waals surface area contributed by atoms with Crippen molar-refractivity contribution in [2.24, 2.45) is 0 Å². The predicted molar refractivity (Wildman–Crippen MR) is 68.4 cm³/mol. The summed E-state index contributed by atoms with van der Waals surface area (Å²) in [6, 6.07) is 0. The first-order chi connectivity index (χ1) is 8.22. The van der Waals surface area contributed by atoms with Crippen LogP contribution in [-0.4, -0.2) is 28.5 Å². The SMILES string of the molecule is CS/C(=C/[N+](=O)[O-])NCCCSc1ncco1. The number of oxazole rings is 1. The van der Waals surface area contributed by atoms with Crippen molar-refractivity contribution >= 4 is 23.5 Å². The lowest BCUT2D eigenvalue weighted by atomic mass is 10.5. The number of hydrogen-bond acceptors (Lipinski definition) is 7. The molecule has 0 unspecified atom stereocenters. The van der Waals surface area contributed by atoms with Crippen molar-refractivity contribution in [1.29, 1.82) is 0 Å². The molecule has 0 atom stereocenters. The van der Waals surface area contributed by atoms with Gasteiger partial charge in [0.2, 0.25) is 0 Å². The number of nitrogens with one attached hydrogen (secondary N) is 1. The van der Waals surface area contributed by atoms with Crippen LogP contribution in [0.1, 0.15) is 6.42 Å². The summed E-state index contributed by atoms with van der Waals surface area (Å²) in [5, 5.41) is 14.5. The van der Waals surface area contributed by atoms with Gasteiger partial charge in [-0.2, -0.15) is 0 Å².